The summed E-state index contributed by atoms with van der Waals surface area (Å²) in [7, 11) is -2.90. The zero-order valence-corrected chi connectivity index (χ0v) is 12.5. The summed E-state index contributed by atoms with van der Waals surface area (Å²) >= 11 is 0. The number of rotatable bonds is 3. The molecule has 1 N–H and O–H groups in total. The fourth-order valence-electron chi connectivity index (χ4n) is 2.65. The molecule has 0 radical (unpaired) electrons. The largest absolute Gasteiger partial charge is 0.381 e. The Bertz CT molecular complexity index is 727. The number of aromatic nitrogens is 4. The summed E-state index contributed by atoms with van der Waals surface area (Å²) in [6.45, 7) is 1.97. The first-order valence-corrected chi connectivity index (χ1v) is 8.67. The summed E-state index contributed by atoms with van der Waals surface area (Å²) in [4.78, 5) is 0. The molecule has 1 atom stereocenters. The van der Waals surface area contributed by atoms with Crippen LogP contribution in [0.15, 0.2) is 24.5 Å². The Morgan fingerprint density at radius 2 is 2.24 bits per heavy atom. The SMILES string of the molecule is Cc1cc(NC2CCCS(=O)(=O)C2)ccc1-n1cnnn1. The van der Waals surface area contributed by atoms with Gasteiger partial charge in [0, 0.05) is 11.7 Å². The van der Waals surface area contributed by atoms with E-state index in [9.17, 15) is 8.42 Å². The quantitative estimate of drug-likeness (QED) is 0.908. The summed E-state index contributed by atoms with van der Waals surface area (Å²) in [5, 5.41) is 14.4. The second-order valence-corrected chi connectivity index (χ2v) is 7.58. The standard InChI is InChI=1S/C13H17N5O2S/c1-10-7-11(4-5-13(10)18-9-14-16-17-18)15-12-3-2-6-21(19,20)8-12/h4-5,7,9,12,15H,2-3,6,8H2,1H3. The molecule has 0 amide bonds. The van der Waals surface area contributed by atoms with Crippen LogP contribution in [0.2, 0.25) is 0 Å². The van der Waals surface area contributed by atoms with Gasteiger partial charge in [0.2, 0.25) is 0 Å². The molecule has 7 nitrogen and oxygen atoms in total. The molecule has 21 heavy (non-hydrogen) atoms. The molecule has 1 aromatic heterocycles. The molecule has 2 aromatic rings. The van der Waals surface area contributed by atoms with Gasteiger partial charge in [0.15, 0.2) is 9.84 Å². The van der Waals surface area contributed by atoms with Gasteiger partial charge in [0.1, 0.15) is 6.33 Å². The molecule has 0 saturated carbocycles. The highest BCUT2D eigenvalue weighted by molar-refractivity contribution is 7.91. The number of nitrogens with zero attached hydrogens (tertiary/aromatic N) is 4. The molecular formula is C13H17N5O2S. The van der Waals surface area contributed by atoms with Crippen molar-refractivity contribution < 1.29 is 8.42 Å². The van der Waals surface area contributed by atoms with Gasteiger partial charge < -0.3 is 5.32 Å². The van der Waals surface area contributed by atoms with Crippen molar-refractivity contribution in [3.05, 3.63) is 30.1 Å². The zero-order chi connectivity index (χ0) is 14.9. The molecule has 1 aliphatic rings. The van der Waals surface area contributed by atoms with Crippen LogP contribution in [0.25, 0.3) is 5.69 Å². The lowest BCUT2D eigenvalue weighted by Crippen LogP contribution is -2.34. The van der Waals surface area contributed by atoms with Crippen LogP contribution >= 0.6 is 0 Å². The van der Waals surface area contributed by atoms with Crippen molar-refractivity contribution in [2.45, 2.75) is 25.8 Å². The van der Waals surface area contributed by atoms with Crippen LogP contribution < -0.4 is 5.32 Å². The van der Waals surface area contributed by atoms with Gasteiger partial charge in [-0.25, -0.2) is 13.1 Å². The van der Waals surface area contributed by atoms with Crippen molar-refractivity contribution in [1.29, 1.82) is 0 Å². The minimum Gasteiger partial charge on any atom is -0.381 e. The van der Waals surface area contributed by atoms with Gasteiger partial charge in [-0.05, 0) is 54.0 Å². The molecule has 1 unspecified atom stereocenters. The fraction of sp³-hybridized carbons (Fsp3) is 0.462. The van der Waals surface area contributed by atoms with Crippen LogP contribution in [-0.2, 0) is 9.84 Å². The number of aryl methyl sites for hydroxylation is 1. The Labute approximate surface area is 123 Å². The monoisotopic (exact) mass is 307 g/mol. The van der Waals surface area contributed by atoms with Crippen LogP contribution in [0.3, 0.4) is 0 Å². The van der Waals surface area contributed by atoms with Crippen molar-refractivity contribution in [3.63, 3.8) is 0 Å². The summed E-state index contributed by atoms with van der Waals surface area (Å²) in [5.41, 5.74) is 2.85. The van der Waals surface area contributed by atoms with E-state index in [4.69, 9.17) is 0 Å². The average molecular weight is 307 g/mol. The van der Waals surface area contributed by atoms with E-state index < -0.39 is 9.84 Å². The predicted octanol–water partition coefficient (Wildman–Crippen LogP) is 0.960. The highest BCUT2D eigenvalue weighted by Crippen LogP contribution is 2.21. The van der Waals surface area contributed by atoms with E-state index in [2.05, 4.69) is 20.8 Å². The molecule has 112 valence electrons. The van der Waals surface area contributed by atoms with Gasteiger partial charge >= 0.3 is 0 Å². The second kappa shape index (κ2) is 5.44. The normalized spacial score (nSPS) is 21.1. The second-order valence-electron chi connectivity index (χ2n) is 5.35. The smallest absolute Gasteiger partial charge is 0.152 e. The van der Waals surface area contributed by atoms with E-state index in [1.54, 1.807) is 11.0 Å². The topological polar surface area (TPSA) is 89.8 Å². The lowest BCUT2D eigenvalue weighted by atomic mass is 10.1. The first kappa shape index (κ1) is 14.0. The zero-order valence-electron chi connectivity index (χ0n) is 11.7. The van der Waals surface area contributed by atoms with Gasteiger partial charge in [0.05, 0.1) is 17.2 Å². The summed E-state index contributed by atoms with van der Waals surface area (Å²) < 4.78 is 24.9. The van der Waals surface area contributed by atoms with E-state index >= 15 is 0 Å². The molecule has 1 aliphatic heterocycles. The third-order valence-corrected chi connectivity index (χ3v) is 5.45. The Balaban J connectivity index is 1.77. The van der Waals surface area contributed by atoms with Crippen molar-refractivity contribution in [3.8, 4) is 5.69 Å². The third kappa shape index (κ3) is 3.21. The maximum absolute atomic E-state index is 11.7. The fourth-order valence-corrected chi connectivity index (χ4v) is 4.28. The van der Waals surface area contributed by atoms with E-state index in [-0.39, 0.29) is 11.8 Å². The molecule has 1 saturated heterocycles. The number of anilines is 1. The third-order valence-electron chi connectivity index (χ3n) is 3.63. The summed E-state index contributed by atoms with van der Waals surface area (Å²) in [6, 6.07) is 5.82. The summed E-state index contributed by atoms with van der Waals surface area (Å²) in [5.74, 6) is 0.517. The number of tetrazole rings is 1. The van der Waals surface area contributed by atoms with Crippen LogP contribution in [0.1, 0.15) is 18.4 Å². The number of hydrogen-bond donors (Lipinski definition) is 1. The van der Waals surface area contributed by atoms with Crippen LogP contribution in [0.5, 0.6) is 0 Å². The Morgan fingerprint density at radius 3 is 2.90 bits per heavy atom. The van der Waals surface area contributed by atoms with Gasteiger partial charge in [-0.3, -0.25) is 0 Å². The molecule has 1 aromatic carbocycles. The molecule has 0 aliphatic carbocycles. The Hall–Kier alpha value is -1.96. The van der Waals surface area contributed by atoms with E-state index in [0.717, 1.165) is 29.8 Å². The van der Waals surface area contributed by atoms with Gasteiger partial charge in [-0.1, -0.05) is 0 Å². The van der Waals surface area contributed by atoms with Gasteiger partial charge in [0.25, 0.3) is 0 Å². The molecule has 0 spiro atoms. The first-order chi connectivity index (χ1) is 10.0. The number of sulfone groups is 1. The number of hydrogen-bond acceptors (Lipinski definition) is 6. The molecule has 8 heteroatoms. The maximum Gasteiger partial charge on any atom is 0.152 e. The van der Waals surface area contributed by atoms with Crippen LogP contribution in [0.4, 0.5) is 5.69 Å². The molecule has 3 rings (SSSR count). The lowest BCUT2D eigenvalue weighted by Gasteiger charge is -2.24. The van der Waals surface area contributed by atoms with Crippen molar-refractivity contribution in [2.24, 2.45) is 0 Å². The molecule has 1 fully saturated rings. The minimum absolute atomic E-state index is 0.0120. The van der Waals surface area contributed by atoms with Crippen molar-refractivity contribution in [1.82, 2.24) is 20.2 Å². The van der Waals surface area contributed by atoms with E-state index in [0.29, 0.717) is 5.75 Å². The first-order valence-electron chi connectivity index (χ1n) is 6.84. The summed E-state index contributed by atoms with van der Waals surface area (Å²) in [6.07, 6.45) is 3.15. The van der Waals surface area contributed by atoms with Crippen LogP contribution in [-0.4, -0.2) is 46.2 Å². The molecule has 2 heterocycles. The molecule has 0 bridgehead atoms. The lowest BCUT2D eigenvalue weighted by molar-refractivity contribution is 0.562. The maximum atomic E-state index is 11.7. The van der Waals surface area contributed by atoms with Crippen molar-refractivity contribution in [2.75, 3.05) is 16.8 Å². The Kier molecular flexibility index (Phi) is 3.62. The Morgan fingerprint density at radius 1 is 1.38 bits per heavy atom. The van der Waals surface area contributed by atoms with Gasteiger partial charge in [-0.2, -0.15) is 0 Å². The van der Waals surface area contributed by atoms with Crippen LogP contribution in [0, 0.1) is 6.92 Å². The molecular weight excluding hydrogens is 290 g/mol. The van der Waals surface area contributed by atoms with Crippen molar-refractivity contribution >= 4 is 15.5 Å². The highest BCUT2D eigenvalue weighted by atomic mass is 32.2. The van der Waals surface area contributed by atoms with E-state index in [1.807, 2.05) is 25.1 Å². The highest BCUT2D eigenvalue weighted by Gasteiger charge is 2.24. The average Bonchev–Trinajstić information content (AvgIpc) is 2.91. The minimum atomic E-state index is -2.90. The predicted molar refractivity (Wildman–Crippen MR) is 79.2 cm³/mol. The number of nitrogens with one attached hydrogen (secondary N) is 1. The number of benzene rings is 1. The van der Waals surface area contributed by atoms with Gasteiger partial charge in [-0.15, -0.1) is 5.10 Å². The van der Waals surface area contributed by atoms with E-state index in [1.165, 1.54) is 0 Å².